The van der Waals surface area contributed by atoms with Crippen molar-refractivity contribution in [2.75, 3.05) is 26.3 Å². The van der Waals surface area contributed by atoms with E-state index in [4.69, 9.17) is 15.2 Å². The summed E-state index contributed by atoms with van der Waals surface area (Å²) >= 11 is 0. The predicted octanol–water partition coefficient (Wildman–Crippen LogP) is 0.461. The second-order valence-corrected chi connectivity index (χ2v) is 5.47. The van der Waals surface area contributed by atoms with Gasteiger partial charge in [0.05, 0.1) is 25.8 Å². The number of carbonyl (C=O) groups excluding carboxylic acids is 2. The first-order chi connectivity index (χ1) is 10.1. The molecule has 6 nitrogen and oxygen atoms in total. The van der Waals surface area contributed by atoms with Crippen molar-refractivity contribution in [2.24, 2.45) is 11.7 Å². The summed E-state index contributed by atoms with van der Waals surface area (Å²) in [6.45, 7) is 3.10. The van der Waals surface area contributed by atoms with Crippen LogP contribution in [0.2, 0.25) is 0 Å². The highest BCUT2D eigenvalue weighted by Crippen LogP contribution is 2.22. The van der Waals surface area contributed by atoms with Gasteiger partial charge in [-0.05, 0) is 32.1 Å². The van der Waals surface area contributed by atoms with Gasteiger partial charge in [0.25, 0.3) is 0 Å². The highest BCUT2D eigenvalue weighted by molar-refractivity contribution is 5.83. The van der Waals surface area contributed by atoms with Crippen molar-refractivity contribution in [3.8, 4) is 0 Å². The molecule has 2 N–H and O–H groups in total. The lowest BCUT2D eigenvalue weighted by molar-refractivity contribution is -0.165. The Kier molecular flexibility index (Phi) is 5.76. The number of morpholine rings is 1. The molecule has 1 aliphatic heterocycles. The monoisotopic (exact) mass is 296 g/mol. The van der Waals surface area contributed by atoms with Crippen LogP contribution in [0.1, 0.15) is 26.2 Å². The molecule has 1 aliphatic carbocycles. The van der Waals surface area contributed by atoms with Gasteiger partial charge in [0.2, 0.25) is 5.91 Å². The van der Waals surface area contributed by atoms with E-state index in [9.17, 15) is 9.59 Å². The molecule has 0 aromatic rings. The third kappa shape index (κ3) is 4.04. The Morgan fingerprint density at radius 1 is 1.48 bits per heavy atom. The van der Waals surface area contributed by atoms with Crippen LogP contribution >= 0.6 is 0 Å². The molecule has 1 heterocycles. The van der Waals surface area contributed by atoms with Crippen molar-refractivity contribution in [1.29, 1.82) is 0 Å². The van der Waals surface area contributed by atoms with Gasteiger partial charge in [-0.25, -0.2) is 4.79 Å². The third-order valence-electron chi connectivity index (χ3n) is 4.03. The van der Waals surface area contributed by atoms with Gasteiger partial charge >= 0.3 is 5.97 Å². The molecule has 2 rings (SSSR count). The van der Waals surface area contributed by atoms with Crippen LogP contribution in [0, 0.1) is 5.92 Å². The minimum atomic E-state index is -0.693. The van der Waals surface area contributed by atoms with E-state index in [0.717, 1.165) is 19.3 Å². The van der Waals surface area contributed by atoms with Gasteiger partial charge in [0, 0.05) is 6.54 Å². The average molecular weight is 296 g/mol. The summed E-state index contributed by atoms with van der Waals surface area (Å²) in [4.78, 5) is 25.8. The molecule has 3 unspecified atom stereocenters. The SMILES string of the molecule is CCOC(=O)C1CN(C(=O)C(N)C2CC=CCC2)CCO1. The smallest absolute Gasteiger partial charge is 0.337 e. The van der Waals surface area contributed by atoms with Crippen molar-refractivity contribution >= 4 is 11.9 Å². The summed E-state index contributed by atoms with van der Waals surface area (Å²) < 4.78 is 10.3. The summed E-state index contributed by atoms with van der Waals surface area (Å²) in [6, 6.07) is -0.504. The van der Waals surface area contributed by atoms with Gasteiger partial charge < -0.3 is 20.1 Å². The maximum absolute atomic E-state index is 12.5. The first-order valence-corrected chi connectivity index (χ1v) is 7.61. The van der Waals surface area contributed by atoms with Gasteiger partial charge in [-0.1, -0.05) is 12.2 Å². The van der Waals surface area contributed by atoms with Crippen LogP contribution in [0.25, 0.3) is 0 Å². The Hall–Kier alpha value is -1.40. The maximum atomic E-state index is 12.5. The fourth-order valence-electron chi connectivity index (χ4n) is 2.78. The van der Waals surface area contributed by atoms with E-state index in [1.165, 1.54) is 0 Å². The van der Waals surface area contributed by atoms with E-state index in [0.29, 0.717) is 19.8 Å². The molecule has 21 heavy (non-hydrogen) atoms. The number of hydrogen-bond acceptors (Lipinski definition) is 5. The number of allylic oxidation sites excluding steroid dienone is 2. The molecule has 2 aliphatic rings. The molecule has 1 fully saturated rings. The zero-order valence-corrected chi connectivity index (χ0v) is 12.5. The largest absolute Gasteiger partial charge is 0.464 e. The van der Waals surface area contributed by atoms with E-state index >= 15 is 0 Å². The Bertz CT molecular complexity index is 410. The lowest BCUT2D eigenvalue weighted by atomic mass is 9.87. The van der Waals surface area contributed by atoms with Crippen molar-refractivity contribution in [2.45, 2.75) is 38.3 Å². The summed E-state index contributed by atoms with van der Waals surface area (Å²) in [6.07, 6.45) is 6.27. The minimum Gasteiger partial charge on any atom is -0.464 e. The average Bonchev–Trinajstić information content (AvgIpc) is 2.54. The van der Waals surface area contributed by atoms with Crippen molar-refractivity contribution in [3.05, 3.63) is 12.2 Å². The summed E-state index contributed by atoms with van der Waals surface area (Å²) in [5.41, 5.74) is 6.12. The molecule has 3 atom stereocenters. The second kappa shape index (κ2) is 7.56. The van der Waals surface area contributed by atoms with Crippen LogP contribution in [0.5, 0.6) is 0 Å². The van der Waals surface area contributed by atoms with Gasteiger partial charge in [-0.15, -0.1) is 0 Å². The van der Waals surface area contributed by atoms with Crippen LogP contribution < -0.4 is 5.73 Å². The van der Waals surface area contributed by atoms with E-state index in [-0.39, 0.29) is 18.4 Å². The number of carbonyl (C=O) groups is 2. The van der Waals surface area contributed by atoms with Crippen molar-refractivity contribution < 1.29 is 19.1 Å². The standard InChI is InChI=1S/C15H24N2O4/c1-2-20-15(19)12-10-17(8-9-21-12)14(18)13(16)11-6-4-3-5-7-11/h3-4,11-13H,2,5-10,16H2,1H3. The highest BCUT2D eigenvalue weighted by Gasteiger charge is 2.34. The van der Waals surface area contributed by atoms with Crippen molar-refractivity contribution in [1.82, 2.24) is 4.90 Å². The number of hydrogen-bond donors (Lipinski definition) is 1. The first-order valence-electron chi connectivity index (χ1n) is 7.61. The fourth-order valence-corrected chi connectivity index (χ4v) is 2.78. The molecule has 0 spiro atoms. The molecule has 0 saturated carbocycles. The van der Waals surface area contributed by atoms with Gasteiger partial charge in [0.15, 0.2) is 6.10 Å². The Labute approximate surface area is 125 Å². The quantitative estimate of drug-likeness (QED) is 0.602. The lowest BCUT2D eigenvalue weighted by Gasteiger charge is -2.35. The lowest BCUT2D eigenvalue weighted by Crippen LogP contribution is -2.55. The molecule has 6 heteroatoms. The minimum absolute atomic E-state index is 0.0899. The molecule has 1 amide bonds. The molecule has 0 bridgehead atoms. The molecule has 0 aromatic carbocycles. The second-order valence-electron chi connectivity index (χ2n) is 5.47. The normalized spacial score (nSPS) is 27.2. The number of ether oxygens (including phenoxy) is 2. The fraction of sp³-hybridized carbons (Fsp3) is 0.733. The van der Waals surface area contributed by atoms with Crippen LogP contribution in [0.15, 0.2) is 12.2 Å². The zero-order valence-electron chi connectivity index (χ0n) is 12.5. The molecular weight excluding hydrogens is 272 g/mol. The summed E-state index contributed by atoms with van der Waals surface area (Å²) in [7, 11) is 0. The topological polar surface area (TPSA) is 81.9 Å². The van der Waals surface area contributed by atoms with E-state index in [2.05, 4.69) is 12.2 Å². The van der Waals surface area contributed by atoms with Crippen LogP contribution in [0.4, 0.5) is 0 Å². The van der Waals surface area contributed by atoms with Crippen molar-refractivity contribution in [3.63, 3.8) is 0 Å². The molecule has 1 saturated heterocycles. The Morgan fingerprint density at radius 3 is 2.95 bits per heavy atom. The number of nitrogens with two attached hydrogens (primary N) is 1. The molecule has 118 valence electrons. The van der Waals surface area contributed by atoms with Crippen LogP contribution in [-0.4, -0.2) is 55.2 Å². The van der Waals surface area contributed by atoms with E-state index < -0.39 is 18.1 Å². The molecule has 0 aromatic heterocycles. The van der Waals surface area contributed by atoms with E-state index in [1.54, 1.807) is 11.8 Å². The van der Waals surface area contributed by atoms with Gasteiger partial charge in [-0.2, -0.15) is 0 Å². The maximum Gasteiger partial charge on any atom is 0.337 e. The first kappa shape index (κ1) is 16.0. The van der Waals surface area contributed by atoms with Gasteiger partial charge in [0.1, 0.15) is 0 Å². The third-order valence-corrected chi connectivity index (χ3v) is 4.03. The zero-order chi connectivity index (χ0) is 15.2. The van der Waals surface area contributed by atoms with Crippen LogP contribution in [0.3, 0.4) is 0 Å². The Morgan fingerprint density at radius 2 is 2.29 bits per heavy atom. The van der Waals surface area contributed by atoms with Gasteiger partial charge in [-0.3, -0.25) is 4.79 Å². The molecular formula is C15H24N2O4. The number of rotatable bonds is 4. The summed E-state index contributed by atoms with van der Waals surface area (Å²) in [5.74, 6) is -0.316. The van der Waals surface area contributed by atoms with Crippen LogP contribution in [-0.2, 0) is 19.1 Å². The molecule has 0 radical (unpaired) electrons. The number of amides is 1. The summed E-state index contributed by atoms with van der Waals surface area (Å²) in [5, 5.41) is 0. The number of nitrogens with zero attached hydrogens (tertiary/aromatic N) is 1. The van der Waals surface area contributed by atoms with E-state index in [1.807, 2.05) is 0 Å². The number of esters is 1. The Balaban J connectivity index is 1.92. The highest BCUT2D eigenvalue weighted by atomic mass is 16.6. The predicted molar refractivity (Wildman–Crippen MR) is 77.4 cm³/mol.